The zero-order chi connectivity index (χ0) is 16.0. The van der Waals surface area contributed by atoms with E-state index in [2.05, 4.69) is 23.9 Å². The van der Waals surface area contributed by atoms with Crippen molar-refractivity contribution in [2.24, 2.45) is 0 Å². The first kappa shape index (κ1) is 17.0. The van der Waals surface area contributed by atoms with Gasteiger partial charge in [0.25, 0.3) is 5.91 Å². The van der Waals surface area contributed by atoms with E-state index < -0.39 is 12.0 Å². The van der Waals surface area contributed by atoms with Crippen LogP contribution in [-0.4, -0.2) is 31.6 Å². The summed E-state index contributed by atoms with van der Waals surface area (Å²) in [5.41, 5.74) is 2.12. The first-order chi connectivity index (χ1) is 9.85. The van der Waals surface area contributed by atoms with Gasteiger partial charge in [0, 0.05) is 0 Å². The number of ether oxygens (including phenoxy) is 2. The van der Waals surface area contributed by atoms with Crippen LogP contribution in [0.25, 0.3) is 0 Å². The van der Waals surface area contributed by atoms with Gasteiger partial charge in [-0.15, -0.1) is 0 Å². The van der Waals surface area contributed by atoms with E-state index in [0.29, 0.717) is 11.7 Å². The third-order valence-electron chi connectivity index (χ3n) is 3.08. The van der Waals surface area contributed by atoms with E-state index in [1.54, 1.807) is 6.92 Å². The maximum atomic E-state index is 11.8. The number of benzene rings is 1. The average molecular weight is 293 g/mol. The van der Waals surface area contributed by atoms with Crippen molar-refractivity contribution in [3.63, 3.8) is 0 Å². The van der Waals surface area contributed by atoms with E-state index in [0.717, 1.165) is 11.1 Å². The number of hydrogen-bond acceptors (Lipinski definition) is 4. The van der Waals surface area contributed by atoms with Crippen LogP contribution in [0.4, 0.5) is 0 Å². The number of carbonyl (C=O) groups excluding carboxylic acids is 2. The summed E-state index contributed by atoms with van der Waals surface area (Å²) >= 11 is 0. The molecule has 0 spiro atoms. The summed E-state index contributed by atoms with van der Waals surface area (Å²) in [7, 11) is 1.28. The minimum absolute atomic E-state index is 0.134. The molecule has 0 aliphatic heterocycles. The van der Waals surface area contributed by atoms with Crippen LogP contribution in [0.2, 0.25) is 0 Å². The zero-order valence-corrected chi connectivity index (χ0v) is 13.2. The second-order valence-electron chi connectivity index (χ2n) is 5.30. The van der Waals surface area contributed by atoms with E-state index in [-0.39, 0.29) is 12.5 Å². The molecular formula is C16H23NO4. The third kappa shape index (κ3) is 5.10. The molecule has 1 aromatic rings. The van der Waals surface area contributed by atoms with Crippen molar-refractivity contribution in [1.29, 1.82) is 0 Å². The van der Waals surface area contributed by atoms with Crippen molar-refractivity contribution >= 4 is 11.9 Å². The Bertz CT molecular complexity index is 511. The van der Waals surface area contributed by atoms with E-state index in [9.17, 15) is 9.59 Å². The third-order valence-corrected chi connectivity index (χ3v) is 3.08. The second kappa shape index (κ2) is 7.67. The Kier molecular flexibility index (Phi) is 6.21. The van der Waals surface area contributed by atoms with Gasteiger partial charge in [0.1, 0.15) is 11.8 Å². The van der Waals surface area contributed by atoms with Crippen molar-refractivity contribution in [3.8, 4) is 5.75 Å². The van der Waals surface area contributed by atoms with Gasteiger partial charge in [-0.3, -0.25) is 4.79 Å². The molecule has 0 radical (unpaired) electrons. The van der Waals surface area contributed by atoms with Crippen LogP contribution in [-0.2, 0) is 14.3 Å². The van der Waals surface area contributed by atoms with Crippen LogP contribution >= 0.6 is 0 Å². The molecule has 0 aromatic heterocycles. The smallest absolute Gasteiger partial charge is 0.328 e. The summed E-state index contributed by atoms with van der Waals surface area (Å²) in [6.45, 7) is 7.53. The largest absolute Gasteiger partial charge is 0.483 e. The fourth-order valence-electron chi connectivity index (χ4n) is 1.91. The number of hydrogen-bond donors (Lipinski definition) is 1. The van der Waals surface area contributed by atoms with E-state index in [1.165, 1.54) is 7.11 Å². The van der Waals surface area contributed by atoms with Crippen molar-refractivity contribution in [2.45, 2.75) is 39.7 Å². The molecule has 0 bridgehead atoms. The van der Waals surface area contributed by atoms with Crippen molar-refractivity contribution < 1.29 is 19.1 Å². The Morgan fingerprint density at radius 1 is 1.24 bits per heavy atom. The molecule has 1 atom stereocenters. The topological polar surface area (TPSA) is 64.6 Å². The number of nitrogens with one attached hydrogen (secondary N) is 1. The minimum atomic E-state index is -0.687. The number of methoxy groups -OCH3 is 1. The van der Waals surface area contributed by atoms with Gasteiger partial charge in [0.05, 0.1) is 7.11 Å². The van der Waals surface area contributed by atoms with Gasteiger partial charge >= 0.3 is 5.97 Å². The van der Waals surface area contributed by atoms with Crippen LogP contribution in [0.1, 0.15) is 37.8 Å². The lowest BCUT2D eigenvalue weighted by Gasteiger charge is -2.16. The van der Waals surface area contributed by atoms with Gasteiger partial charge in [0.15, 0.2) is 6.61 Å². The normalized spacial score (nSPS) is 11.9. The van der Waals surface area contributed by atoms with Crippen LogP contribution in [0.15, 0.2) is 18.2 Å². The molecule has 1 N–H and O–H groups in total. The van der Waals surface area contributed by atoms with Gasteiger partial charge in [-0.2, -0.15) is 0 Å². The highest BCUT2D eigenvalue weighted by Gasteiger charge is 2.16. The SMILES string of the molecule is COC(=O)[C@H](C)NC(=O)COc1cc(C)ccc1C(C)C. The summed E-state index contributed by atoms with van der Waals surface area (Å²) in [6, 6.07) is 5.24. The molecule has 0 saturated carbocycles. The molecule has 1 amide bonds. The quantitative estimate of drug-likeness (QED) is 0.816. The van der Waals surface area contributed by atoms with E-state index >= 15 is 0 Å². The van der Waals surface area contributed by atoms with Crippen molar-refractivity contribution in [3.05, 3.63) is 29.3 Å². The molecule has 0 aliphatic carbocycles. The van der Waals surface area contributed by atoms with Crippen LogP contribution in [0.5, 0.6) is 5.75 Å². The number of carbonyl (C=O) groups is 2. The molecule has 21 heavy (non-hydrogen) atoms. The van der Waals surface area contributed by atoms with Gasteiger partial charge in [-0.1, -0.05) is 26.0 Å². The highest BCUT2D eigenvalue weighted by molar-refractivity contribution is 5.84. The number of aryl methyl sites for hydroxylation is 1. The lowest BCUT2D eigenvalue weighted by atomic mass is 10.0. The predicted molar refractivity (Wildman–Crippen MR) is 80.4 cm³/mol. The Balaban J connectivity index is 2.65. The molecule has 0 aliphatic rings. The van der Waals surface area contributed by atoms with Crippen molar-refractivity contribution in [2.75, 3.05) is 13.7 Å². The lowest BCUT2D eigenvalue weighted by molar-refractivity contribution is -0.144. The summed E-state index contributed by atoms with van der Waals surface area (Å²) in [5, 5.41) is 2.53. The Labute approximate surface area is 125 Å². The summed E-state index contributed by atoms with van der Waals surface area (Å²) in [5.74, 6) is 0.161. The van der Waals surface area contributed by atoms with Gasteiger partial charge < -0.3 is 14.8 Å². The lowest BCUT2D eigenvalue weighted by Crippen LogP contribution is -2.41. The number of rotatable bonds is 6. The Morgan fingerprint density at radius 2 is 1.90 bits per heavy atom. The zero-order valence-electron chi connectivity index (χ0n) is 13.2. The van der Waals surface area contributed by atoms with Gasteiger partial charge in [-0.05, 0) is 37.0 Å². The molecule has 0 saturated heterocycles. The molecule has 0 unspecified atom stereocenters. The maximum Gasteiger partial charge on any atom is 0.328 e. The summed E-state index contributed by atoms with van der Waals surface area (Å²) in [4.78, 5) is 23.0. The van der Waals surface area contributed by atoms with Crippen LogP contribution in [0, 0.1) is 6.92 Å². The number of amides is 1. The molecule has 1 rings (SSSR count). The average Bonchev–Trinajstić information content (AvgIpc) is 2.43. The van der Waals surface area contributed by atoms with Gasteiger partial charge in [0.2, 0.25) is 0 Å². The second-order valence-corrected chi connectivity index (χ2v) is 5.30. The molecule has 5 heteroatoms. The first-order valence-corrected chi connectivity index (χ1v) is 6.95. The van der Waals surface area contributed by atoms with Crippen LogP contribution in [0.3, 0.4) is 0 Å². The molecule has 116 valence electrons. The fourth-order valence-corrected chi connectivity index (χ4v) is 1.91. The fraction of sp³-hybridized carbons (Fsp3) is 0.500. The Morgan fingerprint density at radius 3 is 2.48 bits per heavy atom. The minimum Gasteiger partial charge on any atom is -0.483 e. The summed E-state index contributed by atoms with van der Waals surface area (Å²) < 4.78 is 10.1. The molecule has 1 aromatic carbocycles. The standard InChI is InChI=1S/C16H23NO4/c1-10(2)13-7-6-11(3)8-14(13)21-9-15(18)17-12(4)16(19)20-5/h6-8,10,12H,9H2,1-5H3,(H,17,18)/t12-/m0/s1. The highest BCUT2D eigenvalue weighted by Crippen LogP contribution is 2.27. The van der Waals surface area contributed by atoms with E-state index in [1.807, 2.05) is 25.1 Å². The highest BCUT2D eigenvalue weighted by atomic mass is 16.5. The molecule has 5 nitrogen and oxygen atoms in total. The summed E-state index contributed by atoms with van der Waals surface area (Å²) in [6.07, 6.45) is 0. The maximum absolute atomic E-state index is 11.8. The van der Waals surface area contributed by atoms with Crippen molar-refractivity contribution in [1.82, 2.24) is 5.32 Å². The van der Waals surface area contributed by atoms with Gasteiger partial charge in [-0.25, -0.2) is 4.79 Å². The van der Waals surface area contributed by atoms with Crippen LogP contribution < -0.4 is 10.1 Å². The monoisotopic (exact) mass is 293 g/mol. The molecule has 0 fully saturated rings. The predicted octanol–water partition coefficient (Wildman–Crippen LogP) is 2.17. The molecule has 0 heterocycles. The Hall–Kier alpha value is -2.04. The number of esters is 1. The first-order valence-electron chi connectivity index (χ1n) is 6.95. The van der Waals surface area contributed by atoms with E-state index in [4.69, 9.17) is 4.74 Å². The molecular weight excluding hydrogens is 270 g/mol.